The van der Waals surface area contributed by atoms with Crippen molar-refractivity contribution in [3.8, 4) is 0 Å². The van der Waals surface area contributed by atoms with Crippen molar-refractivity contribution in [2.24, 2.45) is 17.2 Å². The lowest BCUT2D eigenvalue weighted by Crippen LogP contribution is -2.53. The number of nitrogens with zero attached hydrogens (tertiary/aromatic N) is 6. The van der Waals surface area contributed by atoms with Crippen molar-refractivity contribution in [3.05, 3.63) is 105 Å². The van der Waals surface area contributed by atoms with Gasteiger partial charge in [0.1, 0.15) is 19.6 Å². The Morgan fingerprint density at radius 2 is 0.524 bits per heavy atom. The summed E-state index contributed by atoms with van der Waals surface area (Å²) in [7, 11) is 0. The number of hydrogen-bond donors (Lipinski definition) is 3. The molecule has 1 fully saturated rings. The third-order valence-corrected chi connectivity index (χ3v) is 10.9. The van der Waals surface area contributed by atoms with Crippen LogP contribution in [0, 0.1) is 41.5 Å². The lowest BCUT2D eigenvalue weighted by Gasteiger charge is -2.34. The number of aryl methyl sites for hydroxylation is 6. The summed E-state index contributed by atoms with van der Waals surface area (Å²) in [4.78, 5) is 95.3. The molecule has 0 saturated carbocycles. The maximum Gasteiger partial charge on any atom is 0.242 e. The SMILES string of the molecule is Cc1cc(C)cc(CN2CC(=O)N(CCCN)CC(=O)N(Cc3cc(C)cc(C)c3)CC(=O)N(CCCN)CC(=O)N(Cc3cc(C)cc(C)c3)CC(=O)N(CCCN)CC2=O)c1. The lowest BCUT2D eigenvalue weighted by atomic mass is 10.1. The van der Waals surface area contributed by atoms with Gasteiger partial charge in [-0.05, 0) is 97.1 Å². The Labute approximate surface area is 373 Å². The van der Waals surface area contributed by atoms with Crippen LogP contribution in [0.3, 0.4) is 0 Å². The van der Waals surface area contributed by atoms with E-state index in [1.165, 1.54) is 29.4 Å². The first-order valence-electron chi connectivity index (χ1n) is 22.0. The van der Waals surface area contributed by atoms with E-state index in [1.807, 2.05) is 96.1 Å². The molecule has 0 atom stereocenters. The number of benzene rings is 3. The molecule has 0 aromatic heterocycles. The number of amides is 6. The second-order valence-electron chi connectivity index (χ2n) is 17.1. The smallest absolute Gasteiger partial charge is 0.242 e. The van der Waals surface area contributed by atoms with Crippen LogP contribution in [0.15, 0.2) is 54.6 Å². The number of carbonyl (C=O) groups is 6. The van der Waals surface area contributed by atoms with Gasteiger partial charge in [0.2, 0.25) is 35.4 Å². The Bertz CT molecular complexity index is 1800. The van der Waals surface area contributed by atoms with Gasteiger partial charge in [-0.15, -0.1) is 0 Å². The average molecular weight is 868 g/mol. The fourth-order valence-corrected chi connectivity index (χ4v) is 8.14. The first-order valence-corrected chi connectivity index (χ1v) is 22.0. The molecule has 15 nitrogen and oxygen atoms in total. The van der Waals surface area contributed by atoms with Gasteiger partial charge in [-0.1, -0.05) is 88.0 Å². The molecule has 63 heavy (non-hydrogen) atoms. The Hall–Kier alpha value is -5.64. The lowest BCUT2D eigenvalue weighted by molar-refractivity contribution is -0.150. The van der Waals surface area contributed by atoms with Gasteiger partial charge < -0.3 is 46.6 Å². The highest BCUT2D eigenvalue weighted by molar-refractivity contribution is 5.93. The van der Waals surface area contributed by atoms with E-state index in [0.717, 1.165) is 50.1 Å². The van der Waals surface area contributed by atoms with Gasteiger partial charge in [-0.3, -0.25) is 28.8 Å². The minimum Gasteiger partial charge on any atom is -0.332 e. The summed E-state index contributed by atoms with van der Waals surface area (Å²) in [5.41, 5.74) is 26.0. The average Bonchev–Trinajstić information content (AvgIpc) is 3.19. The monoisotopic (exact) mass is 868 g/mol. The third-order valence-electron chi connectivity index (χ3n) is 10.9. The molecule has 1 aliphatic rings. The molecular formula is C48H69N9O6. The highest BCUT2D eigenvalue weighted by Gasteiger charge is 2.31. The van der Waals surface area contributed by atoms with E-state index in [9.17, 15) is 28.8 Å². The fraction of sp³-hybridized carbons (Fsp3) is 0.500. The number of rotatable bonds is 15. The largest absolute Gasteiger partial charge is 0.332 e. The number of nitrogens with two attached hydrogens (primary N) is 3. The molecule has 0 aliphatic carbocycles. The maximum absolute atomic E-state index is 14.5. The molecule has 15 heteroatoms. The predicted molar refractivity (Wildman–Crippen MR) is 245 cm³/mol. The molecule has 342 valence electrons. The standard InChI is InChI=1S/C48H69N9O6/c1-34-16-35(2)20-40(19-34)25-55-31-43(58)53(14-8-11-50)29-47(62)57(27-42-23-38(5)18-39(6)24-42)33-45(60)54(15-9-12-51)30-48(63)56(26-41-21-36(3)17-37(4)22-41)32-44(59)52(13-7-10-49)28-46(55)61/h16-24H,7-15,25-33,49-51H2,1-6H3. The van der Waals surface area contributed by atoms with Crippen molar-refractivity contribution in [1.29, 1.82) is 0 Å². The van der Waals surface area contributed by atoms with Crippen LogP contribution in [0.5, 0.6) is 0 Å². The van der Waals surface area contributed by atoms with Gasteiger partial charge >= 0.3 is 0 Å². The van der Waals surface area contributed by atoms with Crippen molar-refractivity contribution < 1.29 is 28.8 Å². The first-order chi connectivity index (χ1) is 30.0. The van der Waals surface area contributed by atoms with Crippen LogP contribution in [-0.4, -0.2) is 143 Å². The molecule has 0 bridgehead atoms. The van der Waals surface area contributed by atoms with Crippen molar-refractivity contribution in [3.63, 3.8) is 0 Å². The summed E-state index contributed by atoms with van der Waals surface area (Å²) in [6.07, 6.45) is 1.15. The second-order valence-corrected chi connectivity index (χ2v) is 17.1. The molecule has 3 aromatic rings. The molecule has 0 unspecified atom stereocenters. The summed E-state index contributed by atoms with van der Waals surface area (Å²) >= 11 is 0. The predicted octanol–water partition coefficient (Wildman–Crippen LogP) is 2.47. The molecule has 1 saturated heterocycles. The first kappa shape index (κ1) is 50.0. The zero-order valence-electron chi connectivity index (χ0n) is 38.3. The Morgan fingerprint density at radius 1 is 0.333 bits per heavy atom. The van der Waals surface area contributed by atoms with E-state index in [-0.39, 0.29) is 98.2 Å². The van der Waals surface area contributed by atoms with Crippen LogP contribution in [0.25, 0.3) is 0 Å². The second kappa shape index (κ2) is 24.3. The molecule has 0 spiro atoms. The van der Waals surface area contributed by atoms with E-state index in [4.69, 9.17) is 17.2 Å². The molecule has 6 N–H and O–H groups in total. The van der Waals surface area contributed by atoms with Crippen LogP contribution >= 0.6 is 0 Å². The summed E-state index contributed by atoms with van der Waals surface area (Å²) in [5.74, 6) is -2.90. The summed E-state index contributed by atoms with van der Waals surface area (Å²) in [6, 6.07) is 17.7. The quantitative estimate of drug-likeness (QED) is 0.205. The minimum absolute atomic E-state index is 0.0635. The highest BCUT2D eigenvalue weighted by Crippen LogP contribution is 2.17. The Morgan fingerprint density at radius 3 is 0.730 bits per heavy atom. The molecule has 3 aromatic carbocycles. The molecule has 6 amide bonds. The number of carbonyl (C=O) groups excluding carboxylic acids is 6. The van der Waals surface area contributed by atoms with Crippen molar-refractivity contribution in [2.75, 3.05) is 78.5 Å². The van der Waals surface area contributed by atoms with Crippen LogP contribution in [0.1, 0.15) is 69.3 Å². The van der Waals surface area contributed by atoms with Crippen LogP contribution in [0.2, 0.25) is 0 Å². The van der Waals surface area contributed by atoms with Crippen LogP contribution in [0.4, 0.5) is 0 Å². The van der Waals surface area contributed by atoms with E-state index in [0.29, 0.717) is 19.3 Å². The van der Waals surface area contributed by atoms with E-state index >= 15 is 0 Å². The van der Waals surface area contributed by atoms with E-state index in [1.54, 1.807) is 0 Å². The zero-order valence-corrected chi connectivity index (χ0v) is 38.3. The minimum atomic E-state index is -0.485. The molecule has 1 heterocycles. The maximum atomic E-state index is 14.5. The van der Waals surface area contributed by atoms with E-state index in [2.05, 4.69) is 0 Å². The molecular weight excluding hydrogens is 799 g/mol. The third kappa shape index (κ3) is 15.9. The zero-order chi connectivity index (χ0) is 46.2. The molecule has 0 radical (unpaired) electrons. The van der Waals surface area contributed by atoms with Gasteiger partial charge in [0, 0.05) is 39.3 Å². The fourth-order valence-electron chi connectivity index (χ4n) is 8.14. The summed E-state index contributed by atoms with van der Waals surface area (Å²) in [6.45, 7) is 10.7. The Balaban J connectivity index is 1.86. The van der Waals surface area contributed by atoms with Crippen molar-refractivity contribution in [2.45, 2.75) is 80.4 Å². The van der Waals surface area contributed by atoms with Gasteiger partial charge in [0.15, 0.2) is 0 Å². The van der Waals surface area contributed by atoms with Crippen molar-refractivity contribution >= 4 is 35.4 Å². The van der Waals surface area contributed by atoms with Gasteiger partial charge in [-0.2, -0.15) is 0 Å². The van der Waals surface area contributed by atoms with Crippen molar-refractivity contribution in [1.82, 2.24) is 29.4 Å². The van der Waals surface area contributed by atoms with E-state index < -0.39 is 35.4 Å². The topological polar surface area (TPSA) is 200 Å². The summed E-state index contributed by atoms with van der Waals surface area (Å²) in [5, 5.41) is 0. The van der Waals surface area contributed by atoms with Gasteiger partial charge in [0.05, 0.1) is 19.6 Å². The molecule has 1 aliphatic heterocycles. The van der Waals surface area contributed by atoms with Gasteiger partial charge in [-0.25, -0.2) is 0 Å². The Kier molecular flexibility index (Phi) is 19.3. The number of hydrogen-bond acceptors (Lipinski definition) is 9. The van der Waals surface area contributed by atoms with Crippen LogP contribution in [-0.2, 0) is 48.4 Å². The van der Waals surface area contributed by atoms with Crippen LogP contribution < -0.4 is 17.2 Å². The molecule has 4 rings (SSSR count). The highest BCUT2D eigenvalue weighted by atomic mass is 16.2. The van der Waals surface area contributed by atoms with Gasteiger partial charge in [0.25, 0.3) is 0 Å². The summed E-state index contributed by atoms with van der Waals surface area (Å²) < 4.78 is 0. The normalized spacial score (nSPS) is 15.8.